The van der Waals surface area contributed by atoms with Crippen LogP contribution in [0.5, 0.6) is 0 Å². The summed E-state index contributed by atoms with van der Waals surface area (Å²) < 4.78 is 5.25. The predicted octanol–water partition coefficient (Wildman–Crippen LogP) is 3.16. The molecule has 1 rings (SSSR count). The molecule has 0 aliphatic carbocycles. The van der Waals surface area contributed by atoms with Gasteiger partial charge in [0.05, 0.1) is 0 Å². The highest BCUT2D eigenvalue weighted by atomic mass is 32.2. The highest BCUT2D eigenvalue weighted by Gasteiger charge is 2.21. The molecule has 0 aromatic heterocycles. The number of nitrogens with one attached hydrogen (secondary N) is 2. The molecule has 1 amide bonds. The summed E-state index contributed by atoms with van der Waals surface area (Å²) in [6, 6.07) is 0.742. The first kappa shape index (κ1) is 17.6. The molecule has 0 spiro atoms. The van der Waals surface area contributed by atoms with E-state index >= 15 is 0 Å². The number of thioether (sulfide) groups is 1. The lowest BCUT2D eigenvalue weighted by Gasteiger charge is -2.29. The van der Waals surface area contributed by atoms with E-state index in [1.807, 2.05) is 39.5 Å². The Morgan fingerprint density at radius 3 is 2.75 bits per heavy atom. The van der Waals surface area contributed by atoms with Crippen LogP contribution in [-0.4, -0.2) is 41.3 Å². The predicted molar refractivity (Wildman–Crippen MR) is 86.4 cm³/mol. The summed E-state index contributed by atoms with van der Waals surface area (Å²) in [4.78, 5) is 11.6. The Labute approximate surface area is 127 Å². The molecule has 5 heteroatoms. The van der Waals surface area contributed by atoms with E-state index in [1.54, 1.807) is 0 Å². The van der Waals surface area contributed by atoms with E-state index in [2.05, 4.69) is 17.6 Å². The van der Waals surface area contributed by atoms with Crippen molar-refractivity contribution in [1.29, 1.82) is 0 Å². The standard InChI is InChI=1S/C15H30N2O2S/c1-11(17-14(18)19-15(3,4)5)8-9-16-13-7-6-10-20-12(13)2/h11-13,16H,6-10H2,1-5H3,(H,17,18). The Balaban J connectivity index is 2.16. The zero-order valence-corrected chi connectivity index (χ0v) is 14.3. The van der Waals surface area contributed by atoms with Crippen molar-refractivity contribution in [3.05, 3.63) is 0 Å². The topological polar surface area (TPSA) is 50.4 Å². The van der Waals surface area contributed by atoms with Gasteiger partial charge in [-0.25, -0.2) is 4.79 Å². The SMILES string of the molecule is CC(CCNC1CCCSC1C)NC(=O)OC(C)(C)C. The number of rotatable bonds is 5. The summed E-state index contributed by atoms with van der Waals surface area (Å²) in [6.07, 6.45) is 3.17. The zero-order valence-electron chi connectivity index (χ0n) is 13.5. The fraction of sp³-hybridized carbons (Fsp3) is 0.933. The van der Waals surface area contributed by atoms with Gasteiger partial charge in [0, 0.05) is 17.3 Å². The van der Waals surface area contributed by atoms with Crippen LogP contribution in [0.15, 0.2) is 0 Å². The smallest absolute Gasteiger partial charge is 0.407 e. The monoisotopic (exact) mass is 302 g/mol. The number of carbonyl (C=O) groups is 1. The Bertz CT molecular complexity index is 305. The van der Waals surface area contributed by atoms with Gasteiger partial charge >= 0.3 is 6.09 Å². The van der Waals surface area contributed by atoms with E-state index in [0.29, 0.717) is 11.3 Å². The fourth-order valence-electron chi connectivity index (χ4n) is 2.26. The van der Waals surface area contributed by atoms with Gasteiger partial charge in [-0.15, -0.1) is 0 Å². The minimum absolute atomic E-state index is 0.129. The molecule has 0 radical (unpaired) electrons. The summed E-state index contributed by atoms with van der Waals surface area (Å²) >= 11 is 2.05. The molecule has 1 fully saturated rings. The third-order valence-electron chi connectivity index (χ3n) is 3.35. The second kappa shape index (κ2) is 8.13. The Morgan fingerprint density at radius 1 is 1.45 bits per heavy atom. The van der Waals surface area contributed by atoms with Crippen LogP contribution >= 0.6 is 11.8 Å². The van der Waals surface area contributed by atoms with Crippen molar-refractivity contribution in [2.75, 3.05) is 12.3 Å². The van der Waals surface area contributed by atoms with E-state index < -0.39 is 5.60 Å². The van der Waals surface area contributed by atoms with E-state index in [4.69, 9.17) is 4.74 Å². The van der Waals surface area contributed by atoms with Crippen molar-refractivity contribution >= 4 is 17.9 Å². The second-order valence-corrected chi connectivity index (χ2v) is 8.10. The van der Waals surface area contributed by atoms with Crippen LogP contribution in [0, 0.1) is 0 Å². The molecule has 20 heavy (non-hydrogen) atoms. The number of amides is 1. The molecule has 3 unspecified atom stereocenters. The highest BCUT2D eigenvalue weighted by molar-refractivity contribution is 7.99. The van der Waals surface area contributed by atoms with Crippen molar-refractivity contribution in [2.45, 2.75) is 76.8 Å². The van der Waals surface area contributed by atoms with Crippen LogP contribution in [0.2, 0.25) is 0 Å². The Kier molecular flexibility index (Phi) is 7.17. The van der Waals surface area contributed by atoms with Crippen LogP contribution in [0.25, 0.3) is 0 Å². The molecule has 0 aromatic carbocycles. The molecule has 1 heterocycles. The maximum atomic E-state index is 11.6. The third kappa shape index (κ3) is 7.39. The van der Waals surface area contributed by atoms with Crippen LogP contribution in [0.1, 0.15) is 53.9 Å². The van der Waals surface area contributed by atoms with Gasteiger partial charge in [0.25, 0.3) is 0 Å². The first-order chi connectivity index (χ1) is 9.28. The second-order valence-electron chi connectivity index (χ2n) is 6.61. The van der Waals surface area contributed by atoms with E-state index in [1.165, 1.54) is 18.6 Å². The molecule has 0 bridgehead atoms. The van der Waals surface area contributed by atoms with Gasteiger partial charge in [-0.3, -0.25) is 0 Å². The third-order valence-corrected chi connectivity index (χ3v) is 4.73. The lowest BCUT2D eigenvalue weighted by molar-refractivity contribution is 0.0506. The molecule has 4 nitrogen and oxygen atoms in total. The van der Waals surface area contributed by atoms with Gasteiger partial charge in [0.1, 0.15) is 5.60 Å². The van der Waals surface area contributed by atoms with Crippen molar-refractivity contribution in [3.8, 4) is 0 Å². The summed E-state index contributed by atoms with van der Waals surface area (Å²) in [5.74, 6) is 1.29. The number of hydrogen-bond donors (Lipinski definition) is 2. The molecule has 0 saturated carbocycles. The average Bonchev–Trinajstić information content (AvgIpc) is 2.28. The molecular formula is C15H30N2O2S. The average molecular weight is 302 g/mol. The van der Waals surface area contributed by atoms with Gasteiger partial charge < -0.3 is 15.4 Å². The lowest BCUT2D eigenvalue weighted by atomic mass is 10.1. The quantitative estimate of drug-likeness (QED) is 0.819. The van der Waals surface area contributed by atoms with Crippen molar-refractivity contribution < 1.29 is 9.53 Å². The first-order valence-electron chi connectivity index (χ1n) is 7.62. The fourth-order valence-corrected chi connectivity index (χ4v) is 3.43. The van der Waals surface area contributed by atoms with E-state index in [0.717, 1.165) is 13.0 Å². The van der Waals surface area contributed by atoms with Crippen molar-refractivity contribution in [2.24, 2.45) is 0 Å². The molecule has 2 N–H and O–H groups in total. The largest absolute Gasteiger partial charge is 0.444 e. The van der Waals surface area contributed by atoms with Gasteiger partial charge in [-0.2, -0.15) is 11.8 Å². The van der Waals surface area contributed by atoms with Crippen molar-refractivity contribution in [1.82, 2.24) is 10.6 Å². The van der Waals surface area contributed by atoms with E-state index in [9.17, 15) is 4.79 Å². The minimum atomic E-state index is -0.434. The normalized spacial score (nSPS) is 25.1. The molecule has 1 aliphatic heterocycles. The number of hydrogen-bond acceptors (Lipinski definition) is 4. The molecule has 1 aliphatic rings. The Morgan fingerprint density at radius 2 is 2.15 bits per heavy atom. The zero-order chi connectivity index (χ0) is 15.2. The van der Waals surface area contributed by atoms with Gasteiger partial charge in [-0.1, -0.05) is 6.92 Å². The van der Waals surface area contributed by atoms with Crippen LogP contribution in [-0.2, 0) is 4.74 Å². The summed E-state index contributed by atoms with van der Waals surface area (Å²) in [7, 11) is 0. The molecule has 1 saturated heterocycles. The number of carbonyl (C=O) groups excluding carboxylic acids is 1. The van der Waals surface area contributed by atoms with E-state index in [-0.39, 0.29) is 12.1 Å². The molecule has 3 atom stereocenters. The van der Waals surface area contributed by atoms with Crippen molar-refractivity contribution in [3.63, 3.8) is 0 Å². The maximum absolute atomic E-state index is 11.6. The number of alkyl carbamates (subject to hydrolysis) is 1. The van der Waals surface area contributed by atoms with Gasteiger partial charge in [0.15, 0.2) is 0 Å². The minimum Gasteiger partial charge on any atom is -0.444 e. The van der Waals surface area contributed by atoms with Gasteiger partial charge in [-0.05, 0) is 59.3 Å². The van der Waals surface area contributed by atoms with Crippen LogP contribution < -0.4 is 10.6 Å². The molecule has 0 aromatic rings. The lowest BCUT2D eigenvalue weighted by Crippen LogP contribution is -2.43. The van der Waals surface area contributed by atoms with Crippen LogP contribution in [0.3, 0.4) is 0 Å². The molecule has 118 valence electrons. The summed E-state index contributed by atoms with van der Waals surface area (Å²) in [5, 5.41) is 7.18. The molecular weight excluding hydrogens is 272 g/mol. The Hall–Kier alpha value is -0.420. The highest BCUT2D eigenvalue weighted by Crippen LogP contribution is 2.24. The summed E-state index contributed by atoms with van der Waals surface area (Å²) in [5.41, 5.74) is -0.434. The first-order valence-corrected chi connectivity index (χ1v) is 8.67. The van der Waals surface area contributed by atoms with Crippen LogP contribution in [0.4, 0.5) is 4.79 Å². The number of ether oxygens (including phenoxy) is 1. The van der Waals surface area contributed by atoms with Gasteiger partial charge in [0.2, 0.25) is 0 Å². The maximum Gasteiger partial charge on any atom is 0.407 e. The summed E-state index contributed by atoms with van der Waals surface area (Å²) in [6.45, 7) is 10.9.